The molecule has 1 fully saturated rings. The van der Waals surface area contributed by atoms with Crippen LogP contribution >= 0.6 is 11.6 Å². The quantitative estimate of drug-likeness (QED) is 0.758. The van der Waals surface area contributed by atoms with Gasteiger partial charge in [0.05, 0.1) is 0 Å². The maximum absolute atomic E-state index is 6.25. The van der Waals surface area contributed by atoms with Crippen molar-refractivity contribution in [3.63, 3.8) is 0 Å². The summed E-state index contributed by atoms with van der Waals surface area (Å²) in [4.78, 5) is 0. The molecule has 0 heterocycles. The van der Waals surface area contributed by atoms with E-state index in [4.69, 9.17) is 11.6 Å². The van der Waals surface area contributed by atoms with Crippen molar-refractivity contribution < 1.29 is 0 Å². The minimum Gasteiger partial charge on any atom is -0.306 e. The Morgan fingerprint density at radius 2 is 1.86 bits per heavy atom. The van der Waals surface area contributed by atoms with Gasteiger partial charge in [0.1, 0.15) is 0 Å². The molecule has 0 spiro atoms. The number of hydrogen-bond acceptors (Lipinski definition) is 1. The van der Waals surface area contributed by atoms with Crippen molar-refractivity contribution >= 4 is 11.6 Å². The average molecular weight is 306 g/mol. The Labute approximate surface area is 134 Å². The van der Waals surface area contributed by atoms with E-state index in [2.05, 4.69) is 45.1 Å². The second-order valence-electron chi connectivity index (χ2n) is 8.40. The molecule has 1 N–H and O–H groups in total. The number of nitrogens with one attached hydrogen (secondary N) is 1. The summed E-state index contributed by atoms with van der Waals surface area (Å²) < 4.78 is 0. The lowest BCUT2D eigenvalue weighted by Gasteiger charge is -2.43. The highest BCUT2D eigenvalue weighted by Crippen LogP contribution is 2.48. The summed E-state index contributed by atoms with van der Waals surface area (Å²) in [5.74, 6) is 0. The van der Waals surface area contributed by atoms with E-state index in [1.807, 2.05) is 6.07 Å². The smallest absolute Gasteiger partial charge is 0.0409 e. The van der Waals surface area contributed by atoms with Crippen molar-refractivity contribution in [2.24, 2.45) is 10.8 Å². The van der Waals surface area contributed by atoms with Gasteiger partial charge in [0, 0.05) is 17.1 Å². The molecule has 3 rings (SSSR count). The first kappa shape index (κ1) is 15.4. The van der Waals surface area contributed by atoms with Crippen LogP contribution in [0.1, 0.15) is 70.5 Å². The Bertz CT molecular complexity index is 532. The monoisotopic (exact) mass is 305 g/mol. The third kappa shape index (κ3) is 2.87. The van der Waals surface area contributed by atoms with Crippen molar-refractivity contribution in [1.29, 1.82) is 0 Å². The second-order valence-corrected chi connectivity index (χ2v) is 8.83. The molecule has 0 aromatic heterocycles. The Morgan fingerprint density at radius 3 is 2.57 bits per heavy atom. The number of benzene rings is 1. The number of fused-ring (bicyclic) bond motifs is 1. The predicted molar refractivity (Wildman–Crippen MR) is 90.9 cm³/mol. The van der Waals surface area contributed by atoms with Gasteiger partial charge in [-0.15, -0.1) is 0 Å². The Kier molecular flexibility index (Phi) is 3.86. The molecule has 0 saturated heterocycles. The van der Waals surface area contributed by atoms with Crippen LogP contribution in [0.5, 0.6) is 0 Å². The van der Waals surface area contributed by atoms with Gasteiger partial charge in [-0.3, -0.25) is 0 Å². The van der Waals surface area contributed by atoms with Gasteiger partial charge in [-0.05, 0) is 53.4 Å². The molecule has 0 bridgehead atoms. The zero-order valence-corrected chi connectivity index (χ0v) is 14.6. The molecule has 2 aliphatic rings. The van der Waals surface area contributed by atoms with Gasteiger partial charge >= 0.3 is 0 Å². The summed E-state index contributed by atoms with van der Waals surface area (Å²) in [7, 11) is 0. The molecule has 116 valence electrons. The molecular formula is C19H28ClN. The topological polar surface area (TPSA) is 12.0 Å². The Balaban J connectivity index is 1.89. The summed E-state index contributed by atoms with van der Waals surface area (Å²) in [5.41, 5.74) is 3.56. The van der Waals surface area contributed by atoms with E-state index in [0.29, 0.717) is 17.5 Å². The van der Waals surface area contributed by atoms with Crippen LogP contribution in [0, 0.1) is 10.8 Å². The third-order valence-electron chi connectivity index (χ3n) is 5.72. The molecule has 1 nitrogen and oxygen atoms in total. The first-order valence-corrected chi connectivity index (χ1v) is 8.72. The van der Waals surface area contributed by atoms with Crippen LogP contribution in [0.3, 0.4) is 0 Å². The molecule has 2 atom stereocenters. The Hall–Kier alpha value is -0.530. The minimum absolute atomic E-state index is 0.264. The fourth-order valence-electron chi connectivity index (χ4n) is 4.33. The van der Waals surface area contributed by atoms with Crippen LogP contribution in [0.2, 0.25) is 5.02 Å². The first-order chi connectivity index (χ1) is 9.79. The standard InChI is InChI=1S/C19H28ClN/c1-18(2)10-6-5-7-16(18)21-17-15-11-14(20)9-8-13(15)12-19(17,3)4/h8-9,11,16-17,21H,5-7,10,12H2,1-4H3. The van der Waals surface area contributed by atoms with E-state index in [-0.39, 0.29) is 5.41 Å². The lowest BCUT2D eigenvalue weighted by Crippen LogP contribution is -2.48. The molecule has 1 aromatic rings. The van der Waals surface area contributed by atoms with Crippen LogP contribution in [-0.4, -0.2) is 6.04 Å². The van der Waals surface area contributed by atoms with Gasteiger partial charge in [0.15, 0.2) is 0 Å². The van der Waals surface area contributed by atoms with Crippen molar-refractivity contribution in [3.05, 3.63) is 34.3 Å². The highest BCUT2D eigenvalue weighted by molar-refractivity contribution is 6.30. The van der Waals surface area contributed by atoms with Gasteiger partial charge in [-0.25, -0.2) is 0 Å². The highest BCUT2D eigenvalue weighted by atomic mass is 35.5. The zero-order chi connectivity index (χ0) is 15.3. The molecule has 0 amide bonds. The largest absolute Gasteiger partial charge is 0.306 e. The number of hydrogen-bond donors (Lipinski definition) is 1. The molecule has 21 heavy (non-hydrogen) atoms. The molecule has 2 unspecified atom stereocenters. The van der Waals surface area contributed by atoms with Crippen molar-refractivity contribution in [1.82, 2.24) is 5.32 Å². The summed E-state index contributed by atoms with van der Waals surface area (Å²) in [6.45, 7) is 9.61. The van der Waals surface area contributed by atoms with Crippen LogP contribution in [-0.2, 0) is 6.42 Å². The van der Waals surface area contributed by atoms with Crippen molar-refractivity contribution in [3.8, 4) is 0 Å². The van der Waals surface area contributed by atoms with E-state index < -0.39 is 0 Å². The summed E-state index contributed by atoms with van der Waals surface area (Å²) in [6.07, 6.45) is 6.51. The fraction of sp³-hybridized carbons (Fsp3) is 0.684. The predicted octanol–water partition coefficient (Wildman–Crippen LogP) is 5.52. The maximum Gasteiger partial charge on any atom is 0.0409 e. The third-order valence-corrected chi connectivity index (χ3v) is 5.96. The molecule has 2 heteroatoms. The molecular weight excluding hydrogens is 278 g/mol. The van der Waals surface area contributed by atoms with Gasteiger partial charge in [0.25, 0.3) is 0 Å². The average Bonchev–Trinajstić information content (AvgIpc) is 2.63. The summed E-state index contributed by atoms with van der Waals surface area (Å²) in [5, 5.41) is 4.89. The summed E-state index contributed by atoms with van der Waals surface area (Å²) >= 11 is 6.25. The second kappa shape index (κ2) is 5.28. The lowest BCUT2D eigenvalue weighted by atomic mass is 9.72. The normalized spacial score (nSPS) is 30.1. The molecule has 1 aromatic carbocycles. The van der Waals surface area contributed by atoms with E-state index in [1.54, 1.807) is 0 Å². The summed E-state index contributed by atoms with van der Waals surface area (Å²) in [6, 6.07) is 7.46. The van der Waals surface area contributed by atoms with Gasteiger partial charge in [-0.2, -0.15) is 0 Å². The van der Waals surface area contributed by atoms with Crippen molar-refractivity contribution in [2.75, 3.05) is 0 Å². The Morgan fingerprint density at radius 1 is 1.10 bits per heavy atom. The van der Waals surface area contributed by atoms with E-state index in [1.165, 1.54) is 36.8 Å². The molecule has 1 saturated carbocycles. The van der Waals surface area contributed by atoms with Gasteiger partial charge in [0.2, 0.25) is 0 Å². The first-order valence-electron chi connectivity index (χ1n) is 8.34. The fourth-order valence-corrected chi connectivity index (χ4v) is 4.51. The van der Waals surface area contributed by atoms with E-state index in [0.717, 1.165) is 11.4 Å². The molecule has 0 radical (unpaired) electrons. The van der Waals surface area contributed by atoms with Gasteiger partial charge < -0.3 is 5.32 Å². The molecule has 0 aliphatic heterocycles. The van der Waals surface area contributed by atoms with E-state index >= 15 is 0 Å². The minimum atomic E-state index is 0.264. The lowest BCUT2D eigenvalue weighted by molar-refractivity contribution is 0.127. The van der Waals surface area contributed by atoms with E-state index in [9.17, 15) is 0 Å². The van der Waals surface area contributed by atoms with Crippen molar-refractivity contribution in [2.45, 2.75) is 71.9 Å². The SMILES string of the molecule is CC1(C)CCCCC1NC1c2cc(Cl)ccc2CC1(C)C. The van der Waals surface area contributed by atoms with Crippen LogP contribution in [0.25, 0.3) is 0 Å². The molecule has 2 aliphatic carbocycles. The zero-order valence-electron chi connectivity index (χ0n) is 13.8. The van der Waals surface area contributed by atoms with Crippen LogP contribution < -0.4 is 5.32 Å². The number of rotatable bonds is 2. The van der Waals surface area contributed by atoms with Crippen LogP contribution in [0.15, 0.2) is 18.2 Å². The van der Waals surface area contributed by atoms with Crippen LogP contribution in [0.4, 0.5) is 0 Å². The highest BCUT2D eigenvalue weighted by Gasteiger charge is 2.42. The number of halogens is 1. The maximum atomic E-state index is 6.25. The van der Waals surface area contributed by atoms with Gasteiger partial charge in [-0.1, -0.05) is 58.2 Å².